The molecule has 3 amide bonds. The Hall–Kier alpha value is -2.61. The molecule has 3 fully saturated rings. The SMILES string of the molecule is O=C(CN1CCN(C(=O)C2CCCN(C(=O)CCOc3ccccc3)C2)CC1)N1CCCC1. The molecule has 0 N–H and O–H groups in total. The van der Waals surface area contributed by atoms with Crippen molar-refractivity contribution in [3.05, 3.63) is 30.3 Å². The summed E-state index contributed by atoms with van der Waals surface area (Å²) in [6, 6.07) is 9.49. The van der Waals surface area contributed by atoms with Crippen LogP contribution >= 0.6 is 0 Å². The molecular weight excluding hydrogens is 420 g/mol. The average Bonchev–Trinajstić information content (AvgIpc) is 3.40. The van der Waals surface area contributed by atoms with Crippen molar-refractivity contribution in [2.75, 3.05) is 65.5 Å². The third-order valence-electron chi connectivity index (χ3n) is 6.95. The number of carbonyl (C=O) groups excluding carboxylic acids is 3. The summed E-state index contributed by atoms with van der Waals surface area (Å²) in [4.78, 5) is 46.0. The number of nitrogens with zero attached hydrogens (tertiary/aromatic N) is 4. The van der Waals surface area contributed by atoms with Crippen LogP contribution in [0.15, 0.2) is 30.3 Å². The first-order valence-corrected chi connectivity index (χ1v) is 12.3. The summed E-state index contributed by atoms with van der Waals surface area (Å²) in [6.07, 6.45) is 4.21. The monoisotopic (exact) mass is 456 g/mol. The summed E-state index contributed by atoms with van der Waals surface area (Å²) >= 11 is 0. The van der Waals surface area contributed by atoms with E-state index in [1.165, 1.54) is 0 Å². The van der Waals surface area contributed by atoms with E-state index in [1.807, 2.05) is 45.0 Å². The van der Waals surface area contributed by atoms with Crippen LogP contribution in [0.3, 0.4) is 0 Å². The summed E-state index contributed by atoms with van der Waals surface area (Å²) < 4.78 is 5.65. The summed E-state index contributed by atoms with van der Waals surface area (Å²) in [5, 5.41) is 0. The van der Waals surface area contributed by atoms with Crippen LogP contribution in [-0.4, -0.2) is 103 Å². The van der Waals surface area contributed by atoms with Crippen molar-refractivity contribution in [2.45, 2.75) is 32.1 Å². The van der Waals surface area contributed by atoms with Gasteiger partial charge >= 0.3 is 0 Å². The normalized spacial score (nSPS) is 21.8. The molecule has 1 unspecified atom stereocenters. The second-order valence-electron chi connectivity index (χ2n) is 9.28. The van der Waals surface area contributed by atoms with Crippen molar-refractivity contribution in [3.63, 3.8) is 0 Å². The molecule has 3 saturated heterocycles. The molecule has 8 nitrogen and oxygen atoms in total. The van der Waals surface area contributed by atoms with E-state index in [-0.39, 0.29) is 23.6 Å². The second kappa shape index (κ2) is 11.5. The highest BCUT2D eigenvalue weighted by Gasteiger charge is 2.33. The van der Waals surface area contributed by atoms with Crippen LogP contribution in [0.4, 0.5) is 0 Å². The van der Waals surface area contributed by atoms with Gasteiger partial charge < -0.3 is 19.4 Å². The molecule has 33 heavy (non-hydrogen) atoms. The fraction of sp³-hybridized carbons (Fsp3) is 0.640. The van der Waals surface area contributed by atoms with Gasteiger partial charge in [-0.1, -0.05) is 18.2 Å². The molecule has 0 spiro atoms. The van der Waals surface area contributed by atoms with Gasteiger partial charge in [0.05, 0.1) is 25.5 Å². The van der Waals surface area contributed by atoms with Crippen molar-refractivity contribution in [1.82, 2.24) is 19.6 Å². The number of likely N-dealkylation sites (tertiary alicyclic amines) is 2. The van der Waals surface area contributed by atoms with Gasteiger partial charge in [0.2, 0.25) is 17.7 Å². The smallest absolute Gasteiger partial charge is 0.236 e. The van der Waals surface area contributed by atoms with E-state index in [2.05, 4.69) is 4.90 Å². The third kappa shape index (κ3) is 6.47. The molecule has 0 aliphatic carbocycles. The summed E-state index contributed by atoms with van der Waals surface area (Å²) in [6.45, 7) is 6.54. The Morgan fingerprint density at radius 1 is 0.788 bits per heavy atom. The van der Waals surface area contributed by atoms with Crippen LogP contribution in [0.25, 0.3) is 0 Å². The molecule has 180 valence electrons. The Bertz CT molecular complexity index is 804. The van der Waals surface area contributed by atoms with Crippen LogP contribution < -0.4 is 4.74 Å². The van der Waals surface area contributed by atoms with Crippen LogP contribution in [0.2, 0.25) is 0 Å². The lowest BCUT2D eigenvalue weighted by molar-refractivity contribution is -0.142. The average molecular weight is 457 g/mol. The Morgan fingerprint density at radius 2 is 1.48 bits per heavy atom. The zero-order valence-electron chi connectivity index (χ0n) is 19.5. The maximum absolute atomic E-state index is 13.1. The third-order valence-corrected chi connectivity index (χ3v) is 6.95. The first kappa shape index (κ1) is 23.5. The van der Waals surface area contributed by atoms with Gasteiger partial charge in [0.1, 0.15) is 5.75 Å². The molecule has 3 heterocycles. The van der Waals surface area contributed by atoms with Crippen molar-refractivity contribution in [1.29, 1.82) is 0 Å². The first-order valence-electron chi connectivity index (χ1n) is 12.3. The quantitative estimate of drug-likeness (QED) is 0.621. The van der Waals surface area contributed by atoms with Gasteiger partial charge in [-0.2, -0.15) is 0 Å². The molecule has 3 aliphatic rings. The number of hydrogen-bond donors (Lipinski definition) is 0. The van der Waals surface area contributed by atoms with E-state index in [0.29, 0.717) is 45.8 Å². The largest absolute Gasteiger partial charge is 0.493 e. The van der Waals surface area contributed by atoms with E-state index in [9.17, 15) is 14.4 Å². The van der Waals surface area contributed by atoms with E-state index < -0.39 is 0 Å². The van der Waals surface area contributed by atoms with Gasteiger partial charge in [-0.3, -0.25) is 19.3 Å². The molecular formula is C25H36N4O4. The van der Waals surface area contributed by atoms with Gasteiger partial charge in [-0.15, -0.1) is 0 Å². The number of ether oxygens (including phenoxy) is 1. The highest BCUT2D eigenvalue weighted by atomic mass is 16.5. The molecule has 3 aliphatic heterocycles. The molecule has 4 rings (SSSR count). The maximum Gasteiger partial charge on any atom is 0.236 e. The predicted octanol–water partition coefficient (Wildman–Crippen LogP) is 1.46. The minimum absolute atomic E-state index is 0.0497. The Kier molecular flexibility index (Phi) is 8.20. The number of carbonyl (C=O) groups is 3. The topological polar surface area (TPSA) is 73.4 Å². The summed E-state index contributed by atoms with van der Waals surface area (Å²) in [7, 11) is 0. The maximum atomic E-state index is 13.1. The molecule has 0 saturated carbocycles. The van der Waals surface area contributed by atoms with Crippen molar-refractivity contribution >= 4 is 17.7 Å². The fourth-order valence-electron chi connectivity index (χ4n) is 4.98. The number of amides is 3. The van der Waals surface area contributed by atoms with Gasteiger partial charge in [0.25, 0.3) is 0 Å². The van der Waals surface area contributed by atoms with E-state index in [1.54, 1.807) is 0 Å². The zero-order chi connectivity index (χ0) is 23.0. The minimum Gasteiger partial charge on any atom is -0.493 e. The lowest BCUT2D eigenvalue weighted by Crippen LogP contribution is -2.54. The van der Waals surface area contributed by atoms with Crippen LogP contribution in [0.1, 0.15) is 32.1 Å². The van der Waals surface area contributed by atoms with Crippen molar-refractivity contribution in [3.8, 4) is 5.75 Å². The van der Waals surface area contributed by atoms with Crippen LogP contribution in [0, 0.1) is 5.92 Å². The van der Waals surface area contributed by atoms with Gasteiger partial charge in [-0.25, -0.2) is 0 Å². The summed E-state index contributed by atoms with van der Waals surface area (Å²) in [5.41, 5.74) is 0. The fourth-order valence-corrected chi connectivity index (χ4v) is 4.98. The molecule has 0 bridgehead atoms. The van der Waals surface area contributed by atoms with Gasteiger partial charge in [0, 0.05) is 52.4 Å². The standard InChI is InChI=1S/C25H36N4O4/c30-23(10-18-33-22-8-2-1-3-9-22)29-13-6-7-21(19-29)25(32)28-16-14-26(15-17-28)20-24(31)27-11-4-5-12-27/h1-3,8-9,21H,4-7,10-20H2. The molecule has 1 aromatic rings. The Balaban J connectivity index is 1.18. The van der Waals surface area contributed by atoms with E-state index in [4.69, 9.17) is 4.74 Å². The van der Waals surface area contributed by atoms with Gasteiger partial charge in [0.15, 0.2) is 0 Å². The number of hydrogen-bond acceptors (Lipinski definition) is 5. The summed E-state index contributed by atoms with van der Waals surface area (Å²) in [5.74, 6) is 1.05. The Morgan fingerprint density at radius 3 is 2.21 bits per heavy atom. The number of piperazine rings is 1. The van der Waals surface area contributed by atoms with E-state index in [0.717, 1.165) is 57.6 Å². The zero-order valence-corrected chi connectivity index (χ0v) is 19.5. The number of para-hydroxylation sites is 1. The molecule has 8 heteroatoms. The second-order valence-corrected chi connectivity index (χ2v) is 9.28. The van der Waals surface area contributed by atoms with Crippen LogP contribution in [-0.2, 0) is 14.4 Å². The number of benzene rings is 1. The van der Waals surface area contributed by atoms with Gasteiger partial charge in [-0.05, 0) is 37.8 Å². The van der Waals surface area contributed by atoms with Crippen LogP contribution in [0.5, 0.6) is 5.75 Å². The first-order chi connectivity index (χ1) is 16.1. The van der Waals surface area contributed by atoms with Crippen molar-refractivity contribution < 1.29 is 19.1 Å². The lowest BCUT2D eigenvalue weighted by Gasteiger charge is -2.39. The molecule has 0 radical (unpaired) electrons. The lowest BCUT2D eigenvalue weighted by atomic mass is 9.96. The predicted molar refractivity (Wildman–Crippen MR) is 125 cm³/mol. The number of piperidine rings is 1. The molecule has 1 atom stereocenters. The highest BCUT2D eigenvalue weighted by Crippen LogP contribution is 2.21. The minimum atomic E-state index is -0.129. The van der Waals surface area contributed by atoms with Crippen molar-refractivity contribution in [2.24, 2.45) is 5.92 Å². The highest BCUT2D eigenvalue weighted by molar-refractivity contribution is 5.82. The molecule has 1 aromatic carbocycles. The van der Waals surface area contributed by atoms with E-state index >= 15 is 0 Å². The molecule has 0 aromatic heterocycles. The number of rotatable bonds is 7. The Labute approximate surface area is 196 Å².